The highest BCUT2D eigenvalue weighted by molar-refractivity contribution is 14.1. The van der Waals surface area contributed by atoms with Gasteiger partial charge in [-0.3, -0.25) is 4.79 Å². The Bertz CT molecular complexity index is 391. The van der Waals surface area contributed by atoms with Crippen LogP contribution in [0.5, 0.6) is 0 Å². The highest BCUT2D eigenvalue weighted by Crippen LogP contribution is 2.25. The molecule has 1 amide bonds. The summed E-state index contributed by atoms with van der Waals surface area (Å²) >= 11 is 2.21. The maximum Gasteiger partial charge on any atom is 0.251 e. The van der Waals surface area contributed by atoms with Gasteiger partial charge in [-0.2, -0.15) is 0 Å². The van der Waals surface area contributed by atoms with Crippen molar-refractivity contribution in [3.05, 3.63) is 33.4 Å². The predicted octanol–water partition coefficient (Wildman–Crippen LogP) is 2.18. The fraction of sp³-hybridized carbons (Fsp3) is 0.462. The Morgan fingerprint density at radius 1 is 1.35 bits per heavy atom. The van der Waals surface area contributed by atoms with E-state index in [0.29, 0.717) is 5.56 Å². The summed E-state index contributed by atoms with van der Waals surface area (Å²) in [5.41, 5.74) is 0.689. The third-order valence-corrected chi connectivity index (χ3v) is 4.04. The fourth-order valence-electron chi connectivity index (χ4n) is 2.30. The molecule has 0 saturated heterocycles. The van der Waals surface area contributed by atoms with Crippen molar-refractivity contribution in [3.8, 4) is 0 Å². The number of hydrogen-bond donors (Lipinski definition) is 2. The summed E-state index contributed by atoms with van der Waals surface area (Å²) in [5.74, 6) is 0.189. The molecule has 0 spiro atoms. The molecule has 0 aromatic heterocycles. The summed E-state index contributed by atoms with van der Waals surface area (Å²) in [5, 5.41) is 12.2. The maximum absolute atomic E-state index is 12.0. The Kier molecular flexibility index (Phi) is 4.39. The van der Waals surface area contributed by atoms with Gasteiger partial charge in [-0.15, -0.1) is 0 Å². The van der Waals surface area contributed by atoms with Crippen molar-refractivity contribution >= 4 is 28.5 Å². The molecule has 3 nitrogen and oxygen atoms in total. The van der Waals surface area contributed by atoms with E-state index in [1.807, 2.05) is 24.3 Å². The van der Waals surface area contributed by atoms with Crippen LogP contribution in [0.3, 0.4) is 0 Å². The molecule has 0 radical (unpaired) electrons. The average molecular weight is 345 g/mol. The Hall–Kier alpha value is -0.620. The molecule has 1 saturated carbocycles. The van der Waals surface area contributed by atoms with Crippen LogP contribution >= 0.6 is 22.6 Å². The molecule has 2 N–H and O–H groups in total. The second-order valence-electron chi connectivity index (χ2n) is 4.46. The molecule has 17 heavy (non-hydrogen) atoms. The number of aliphatic hydroxyl groups excluding tert-OH is 1. The van der Waals surface area contributed by atoms with Crippen molar-refractivity contribution < 1.29 is 9.90 Å². The second-order valence-corrected chi connectivity index (χ2v) is 5.71. The molecule has 0 bridgehead atoms. The molecule has 1 aromatic rings. The molecule has 2 atom stereocenters. The lowest BCUT2D eigenvalue weighted by atomic mass is 10.0. The van der Waals surface area contributed by atoms with Crippen LogP contribution in [0.1, 0.15) is 29.6 Å². The van der Waals surface area contributed by atoms with Crippen molar-refractivity contribution in [1.82, 2.24) is 5.32 Å². The van der Waals surface area contributed by atoms with Crippen molar-refractivity contribution in [3.63, 3.8) is 0 Å². The lowest BCUT2D eigenvalue weighted by molar-refractivity contribution is 0.0916. The van der Waals surface area contributed by atoms with E-state index < -0.39 is 0 Å². The van der Waals surface area contributed by atoms with Crippen LogP contribution in [-0.4, -0.2) is 23.7 Å². The third kappa shape index (κ3) is 3.19. The van der Waals surface area contributed by atoms with Crippen molar-refractivity contribution in [2.45, 2.75) is 25.3 Å². The molecule has 2 rings (SSSR count). The van der Waals surface area contributed by atoms with Crippen LogP contribution in [0.15, 0.2) is 24.3 Å². The summed E-state index contributed by atoms with van der Waals surface area (Å²) in [7, 11) is 0. The number of rotatable bonds is 3. The van der Waals surface area contributed by atoms with Gasteiger partial charge < -0.3 is 10.4 Å². The van der Waals surface area contributed by atoms with Crippen molar-refractivity contribution in [1.29, 1.82) is 0 Å². The standard InChI is InChI=1S/C13H16INO2/c14-11-6-4-9(5-7-11)13(17)15-12-3-1-2-10(12)8-16/h4-7,10,12,16H,1-3,8H2,(H,15,17). The first-order chi connectivity index (χ1) is 8.20. The number of halogens is 1. The topological polar surface area (TPSA) is 49.3 Å². The lowest BCUT2D eigenvalue weighted by Crippen LogP contribution is -2.38. The monoisotopic (exact) mass is 345 g/mol. The zero-order valence-corrected chi connectivity index (χ0v) is 11.7. The summed E-state index contributed by atoms with van der Waals surface area (Å²) in [6, 6.07) is 7.65. The molecule has 1 aromatic carbocycles. The zero-order valence-electron chi connectivity index (χ0n) is 9.53. The van der Waals surface area contributed by atoms with E-state index in [9.17, 15) is 9.90 Å². The minimum Gasteiger partial charge on any atom is -0.396 e. The van der Waals surface area contributed by atoms with E-state index in [0.717, 1.165) is 22.8 Å². The third-order valence-electron chi connectivity index (χ3n) is 3.32. The van der Waals surface area contributed by atoms with E-state index in [2.05, 4.69) is 27.9 Å². The molecular weight excluding hydrogens is 329 g/mol. The first-order valence-electron chi connectivity index (χ1n) is 5.88. The number of benzene rings is 1. The summed E-state index contributed by atoms with van der Waals surface area (Å²) in [6.07, 6.45) is 3.07. The van der Waals surface area contributed by atoms with Gasteiger partial charge in [0.2, 0.25) is 0 Å². The van der Waals surface area contributed by atoms with Crippen LogP contribution in [0.4, 0.5) is 0 Å². The van der Waals surface area contributed by atoms with E-state index >= 15 is 0 Å². The van der Waals surface area contributed by atoms with Gasteiger partial charge in [-0.05, 0) is 59.7 Å². The second kappa shape index (κ2) is 5.82. The van der Waals surface area contributed by atoms with Gasteiger partial charge in [-0.25, -0.2) is 0 Å². The number of nitrogens with one attached hydrogen (secondary N) is 1. The van der Waals surface area contributed by atoms with Gasteiger partial charge in [0.15, 0.2) is 0 Å². The van der Waals surface area contributed by atoms with Gasteiger partial charge in [-0.1, -0.05) is 6.42 Å². The largest absolute Gasteiger partial charge is 0.396 e. The fourth-order valence-corrected chi connectivity index (χ4v) is 2.66. The van der Waals surface area contributed by atoms with Crippen LogP contribution in [0.2, 0.25) is 0 Å². The van der Waals surface area contributed by atoms with Crippen LogP contribution in [0, 0.1) is 9.49 Å². The zero-order chi connectivity index (χ0) is 12.3. The summed E-state index contributed by atoms with van der Waals surface area (Å²) in [6.45, 7) is 0.164. The number of carbonyl (C=O) groups excluding carboxylic acids is 1. The van der Waals surface area contributed by atoms with Crippen molar-refractivity contribution in [2.75, 3.05) is 6.61 Å². The number of carbonyl (C=O) groups is 1. The van der Waals surface area contributed by atoms with Gasteiger partial charge in [0.1, 0.15) is 0 Å². The minimum atomic E-state index is -0.0354. The quantitative estimate of drug-likeness (QED) is 0.825. The molecule has 1 fully saturated rings. The smallest absolute Gasteiger partial charge is 0.251 e. The molecule has 2 unspecified atom stereocenters. The van der Waals surface area contributed by atoms with Crippen LogP contribution in [-0.2, 0) is 0 Å². The normalized spacial score (nSPS) is 23.6. The molecule has 1 aliphatic rings. The Morgan fingerprint density at radius 2 is 2.06 bits per heavy atom. The molecule has 0 heterocycles. The van der Waals surface area contributed by atoms with E-state index in [4.69, 9.17) is 0 Å². The Labute approximate surface area is 115 Å². The maximum atomic E-state index is 12.0. The van der Waals surface area contributed by atoms with E-state index in [-0.39, 0.29) is 24.5 Å². The Balaban J connectivity index is 1.99. The molecule has 92 valence electrons. The molecule has 0 aliphatic heterocycles. The minimum absolute atomic E-state index is 0.0354. The first kappa shape index (κ1) is 12.8. The molecular formula is C13H16INO2. The van der Waals surface area contributed by atoms with Gasteiger partial charge in [0.05, 0.1) is 0 Å². The first-order valence-corrected chi connectivity index (χ1v) is 6.96. The Morgan fingerprint density at radius 3 is 2.71 bits per heavy atom. The number of hydrogen-bond acceptors (Lipinski definition) is 2. The number of amides is 1. The van der Waals surface area contributed by atoms with Crippen LogP contribution < -0.4 is 5.32 Å². The SMILES string of the molecule is O=C(NC1CCCC1CO)c1ccc(I)cc1. The van der Waals surface area contributed by atoms with Gasteiger partial charge >= 0.3 is 0 Å². The van der Waals surface area contributed by atoms with Crippen LogP contribution in [0.25, 0.3) is 0 Å². The molecule has 4 heteroatoms. The average Bonchev–Trinajstić information content (AvgIpc) is 2.77. The number of aliphatic hydroxyl groups is 1. The highest BCUT2D eigenvalue weighted by Gasteiger charge is 2.27. The summed E-state index contributed by atoms with van der Waals surface area (Å²) < 4.78 is 1.12. The lowest BCUT2D eigenvalue weighted by Gasteiger charge is -2.18. The van der Waals surface area contributed by atoms with E-state index in [1.54, 1.807) is 0 Å². The summed E-state index contributed by atoms with van der Waals surface area (Å²) in [4.78, 5) is 12.0. The van der Waals surface area contributed by atoms with Gasteiger partial charge in [0.25, 0.3) is 5.91 Å². The van der Waals surface area contributed by atoms with E-state index in [1.165, 1.54) is 0 Å². The predicted molar refractivity (Wildman–Crippen MR) is 74.8 cm³/mol. The highest BCUT2D eigenvalue weighted by atomic mass is 127. The van der Waals surface area contributed by atoms with Gasteiger partial charge in [0, 0.05) is 27.7 Å². The van der Waals surface area contributed by atoms with Crippen molar-refractivity contribution in [2.24, 2.45) is 5.92 Å². The molecule has 1 aliphatic carbocycles.